The fourth-order valence-electron chi connectivity index (χ4n) is 4.38. The molecule has 2 aliphatic rings. The molecule has 0 radical (unpaired) electrons. The van der Waals surface area contributed by atoms with Gasteiger partial charge in [-0.2, -0.15) is 10.4 Å². The zero-order chi connectivity index (χ0) is 20.0. The Labute approximate surface area is 167 Å². The molecule has 2 fully saturated rings. The summed E-state index contributed by atoms with van der Waals surface area (Å²) in [6.07, 6.45) is 8.35. The molecule has 1 aromatic carbocycles. The number of carbonyl (C=O) groups is 1. The van der Waals surface area contributed by atoms with Crippen LogP contribution in [-0.4, -0.2) is 43.9 Å². The lowest BCUT2D eigenvalue weighted by Gasteiger charge is -2.60. The number of nitriles is 1. The van der Waals surface area contributed by atoms with E-state index in [1.165, 1.54) is 0 Å². The largest absolute Gasteiger partial charge is 0.350 e. The summed E-state index contributed by atoms with van der Waals surface area (Å²) in [5.74, 6) is 0.129. The molecule has 0 unspecified atom stereocenters. The number of rotatable bonds is 4. The molecule has 0 bridgehead atoms. The molecule has 1 N–H and O–H groups in total. The van der Waals surface area contributed by atoms with Gasteiger partial charge < -0.3 is 14.7 Å². The van der Waals surface area contributed by atoms with Gasteiger partial charge in [0.1, 0.15) is 5.69 Å². The third kappa shape index (κ3) is 2.86. The van der Waals surface area contributed by atoms with E-state index < -0.39 is 0 Å². The minimum Gasteiger partial charge on any atom is -0.350 e. The van der Waals surface area contributed by atoms with Crippen molar-refractivity contribution in [2.45, 2.75) is 30.8 Å². The summed E-state index contributed by atoms with van der Waals surface area (Å²) in [7, 11) is 1.89. The Morgan fingerprint density at radius 3 is 2.66 bits per heavy atom. The monoisotopic (exact) mass is 388 g/mol. The van der Waals surface area contributed by atoms with Crippen molar-refractivity contribution in [1.82, 2.24) is 25.2 Å². The Morgan fingerprint density at radius 2 is 2.03 bits per heavy atom. The molecule has 3 heterocycles. The first-order valence-electron chi connectivity index (χ1n) is 9.61. The highest BCUT2D eigenvalue weighted by molar-refractivity contribution is 5.93. The van der Waals surface area contributed by atoms with E-state index in [1.54, 1.807) is 10.7 Å². The molecule has 1 aliphatic carbocycles. The van der Waals surface area contributed by atoms with Crippen molar-refractivity contribution >= 4 is 5.91 Å². The highest BCUT2D eigenvalue weighted by atomic mass is 16.5. The van der Waals surface area contributed by atoms with Gasteiger partial charge in [-0.25, -0.2) is 0 Å². The minimum atomic E-state index is -0.127. The Morgan fingerprint density at radius 1 is 1.28 bits per heavy atom. The average molecular weight is 388 g/mol. The lowest BCUT2D eigenvalue weighted by Crippen LogP contribution is -2.71. The van der Waals surface area contributed by atoms with Gasteiger partial charge in [0.15, 0.2) is 6.19 Å². The zero-order valence-electron chi connectivity index (χ0n) is 16.0. The lowest BCUT2D eigenvalue weighted by molar-refractivity contribution is -0.0643. The number of hydrogen-bond donors (Lipinski definition) is 1. The molecular weight excluding hydrogens is 368 g/mol. The average Bonchev–Trinajstić information content (AvgIpc) is 3.33. The van der Waals surface area contributed by atoms with Crippen molar-refractivity contribution in [3.05, 3.63) is 48.5 Å². The number of hydrogen-bond acceptors (Lipinski definition) is 6. The van der Waals surface area contributed by atoms with Gasteiger partial charge in [0, 0.05) is 48.6 Å². The Kier molecular flexibility index (Phi) is 3.91. The molecule has 1 saturated heterocycles. The van der Waals surface area contributed by atoms with Gasteiger partial charge in [-0.15, -0.1) is 0 Å². The number of aromatic nitrogens is 3. The summed E-state index contributed by atoms with van der Waals surface area (Å²) < 4.78 is 7.14. The van der Waals surface area contributed by atoms with Gasteiger partial charge in [0.2, 0.25) is 5.76 Å². The molecule has 1 amide bonds. The van der Waals surface area contributed by atoms with E-state index in [0.29, 0.717) is 12.2 Å². The summed E-state index contributed by atoms with van der Waals surface area (Å²) in [5, 5.41) is 19.8. The summed E-state index contributed by atoms with van der Waals surface area (Å²) in [4.78, 5) is 14.7. The number of benzene rings is 1. The van der Waals surface area contributed by atoms with Gasteiger partial charge in [0.05, 0.1) is 6.20 Å². The van der Waals surface area contributed by atoms with Gasteiger partial charge in [0.25, 0.3) is 5.91 Å². The number of nitrogens with zero attached hydrogens (tertiary/aromatic N) is 5. The number of amides is 1. The summed E-state index contributed by atoms with van der Waals surface area (Å²) in [6.45, 7) is 0.716. The molecule has 3 aromatic rings. The van der Waals surface area contributed by atoms with Crippen LogP contribution in [0.2, 0.25) is 0 Å². The van der Waals surface area contributed by atoms with Crippen molar-refractivity contribution < 1.29 is 9.32 Å². The second kappa shape index (κ2) is 6.48. The van der Waals surface area contributed by atoms with Gasteiger partial charge in [-0.3, -0.25) is 9.48 Å². The standard InChI is InChI=1S/C21H20N6O2/c1-26-12-16(11-24-26)14-2-4-15(5-3-14)18-8-19(29-25-18)20(28)27-7-6-21(27)9-17(10-21)23-13-22/h2-5,8,11-12,17,23H,6-7,9-10H2,1H3/t17-,21-. The van der Waals surface area contributed by atoms with Crippen LogP contribution >= 0.6 is 0 Å². The van der Waals surface area contributed by atoms with Crippen LogP contribution in [0.25, 0.3) is 22.4 Å². The van der Waals surface area contributed by atoms with Gasteiger partial charge in [-0.1, -0.05) is 29.4 Å². The second-order valence-electron chi connectivity index (χ2n) is 7.85. The molecule has 8 heteroatoms. The molecular formula is C21H20N6O2. The Bertz CT molecular complexity index is 1100. The number of nitrogens with one attached hydrogen (secondary N) is 1. The van der Waals surface area contributed by atoms with E-state index in [0.717, 1.165) is 36.0 Å². The molecule has 2 aromatic heterocycles. The van der Waals surface area contributed by atoms with Crippen LogP contribution in [-0.2, 0) is 7.05 Å². The van der Waals surface area contributed by atoms with E-state index in [-0.39, 0.29) is 23.2 Å². The van der Waals surface area contributed by atoms with Crippen LogP contribution < -0.4 is 5.32 Å². The zero-order valence-corrected chi connectivity index (χ0v) is 16.0. The third-order valence-electron chi connectivity index (χ3n) is 6.08. The topological polar surface area (TPSA) is 100.0 Å². The maximum absolute atomic E-state index is 12.9. The molecule has 1 spiro atoms. The van der Waals surface area contributed by atoms with Crippen molar-refractivity contribution in [2.24, 2.45) is 7.05 Å². The second-order valence-corrected chi connectivity index (χ2v) is 7.85. The van der Waals surface area contributed by atoms with E-state index >= 15 is 0 Å². The molecule has 1 aliphatic heterocycles. The van der Waals surface area contributed by atoms with Crippen LogP contribution in [0.1, 0.15) is 29.8 Å². The predicted octanol–water partition coefficient (Wildman–Crippen LogP) is 2.56. The highest BCUT2D eigenvalue weighted by Crippen LogP contribution is 2.47. The van der Waals surface area contributed by atoms with E-state index in [2.05, 4.69) is 15.6 Å². The van der Waals surface area contributed by atoms with Crippen LogP contribution in [0.3, 0.4) is 0 Å². The quantitative estimate of drug-likeness (QED) is 0.545. The first kappa shape index (κ1) is 17.5. The smallest absolute Gasteiger partial charge is 0.292 e. The van der Waals surface area contributed by atoms with Crippen molar-refractivity contribution in [3.63, 3.8) is 0 Å². The van der Waals surface area contributed by atoms with Crippen LogP contribution in [0.4, 0.5) is 0 Å². The molecule has 8 nitrogen and oxygen atoms in total. The number of aryl methyl sites for hydroxylation is 1. The van der Waals surface area contributed by atoms with Crippen LogP contribution in [0.15, 0.2) is 47.2 Å². The normalized spacial score (nSPS) is 22.6. The molecule has 0 atom stereocenters. The minimum absolute atomic E-state index is 0.121. The SMILES string of the molecule is Cn1cc(-c2ccc(-c3cc(C(=O)N4CC[C@]45C[C@@H](NC#N)C5)on3)cc2)cn1. The molecule has 29 heavy (non-hydrogen) atoms. The van der Waals surface area contributed by atoms with Gasteiger partial charge in [-0.05, 0) is 24.8 Å². The fraction of sp³-hybridized carbons (Fsp3) is 0.333. The lowest BCUT2D eigenvalue weighted by atomic mass is 9.64. The maximum atomic E-state index is 12.9. The summed E-state index contributed by atoms with van der Waals surface area (Å²) >= 11 is 0. The van der Waals surface area contributed by atoms with E-state index in [1.807, 2.05) is 54.8 Å². The Hall–Kier alpha value is -3.60. The van der Waals surface area contributed by atoms with Crippen molar-refractivity contribution in [2.75, 3.05) is 6.54 Å². The Balaban J connectivity index is 1.30. The van der Waals surface area contributed by atoms with Crippen LogP contribution in [0, 0.1) is 11.5 Å². The molecule has 1 saturated carbocycles. The van der Waals surface area contributed by atoms with Crippen molar-refractivity contribution in [1.29, 1.82) is 5.26 Å². The van der Waals surface area contributed by atoms with E-state index in [4.69, 9.17) is 9.78 Å². The van der Waals surface area contributed by atoms with E-state index in [9.17, 15) is 4.79 Å². The highest BCUT2D eigenvalue weighted by Gasteiger charge is 2.56. The first-order valence-corrected chi connectivity index (χ1v) is 9.61. The van der Waals surface area contributed by atoms with Gasteiger partial charge >= 0.3 is 0 Å². The third-order valence-corrected chi connectivity index (χ3v) is 6.08. The van der Waals surface area contributed by atoms with Crippen molar-refractivity contribution in [3.8, 4) is 28.6 Å². The first-order chi connectivity index (χ1) is 14.1. The van der Waals surface area contributed by atoms with Crippen LogP contribution in [0.5, 0.6) is 0 Å². The number of carbonyl (C=O) groups excluding carboxylic acids is 1. The molecule has 146 valence electrons. The molecule has 5 rings (SSSR count). The number of likely N-dealkylation sites (tertiary alicyclic amines) is 1. The summed E-state index contributed by atoms with van der Waals surface area (Å²) in [5.41, 5.74) is 3.51. The fourth-order valence-corrected chi connectivity index (χ4v) is 4.38. The predicted molar refractivity (Wildman–Crippen MR) is 104 cm³/mol. The summed E-state index contributed by atoms with van der Waals surface area (Å²) in [6, 6.07) is 9.80. The maximum Gasteiger partial charge on any atom is 0.292 e.